The van der Waals surface area contributed by atoms with E-state index in [-0.39, 0.29) is 5.79 Å². The summed E-state index contributed by atoms with van der Waals surface area (Å²) in [6.45, 7) is 0. The normalized spacial score (nSPS) is 49.9. The molecule has 2 fully saturated rings. The predicted molar refractivity (Wildman–Crippen MR) is 42.8 cm³/mol. The van der Waals surface area contributed by atoms with Crippen molar-refractivity contribution in [3.8, 4) is 0 Å². The first-order chi connectivity index (χ1) is 5.27. The quantitative estimate of drug-likeness (QED) is 0.546. The third-order valence-electron chi connectivity index (χ3n) is 2.87. The maximum atomic E-state index is 9.24. The number of rotatable bonds is 1. The molecule has 1 saturated carbocycles. The van der Waals surface area contributed by atoms with Crippen molar-refractivity contribution in [3.63, 3.8) is 0 Å². The third kappa shape index (κ3) is 1.05. The van der Waals surface area contributed by atoms with Crippen LogP contribution in [0.15, 0.2) is 0 Å². The minimum Gasteiger partial charge on any atom is -0.401 e. The Morgan fingerprint density at radius 1 is 1.64 bits per heavy atom. The zero-order valence-electron chi connectivity index (χ0n) is 6.75. The maximum absolute atomic E-state index is 9.24. The predicted octanol–water partition coefficient (Wildman–Crippen LogP) is -0.482. The van der Waals surface area contributed by atoms with E-state index in [4.69, 9.17) is 9.16 Å². The zero-order chi connectivity index (χ0) is 7.90. The molecule has 3 atom stereocenters. The summed E-state index contributed by atoms with van der Waals surface area (Å²) in [5, 5.41) is 9.24. The Morgan fingerprint density at radius 2 is 2.45 bits per heavy atom. The van der Waals surface area contributed by atoms with Gasteiger partial charge in [-0.05, 0) is 12.8 Å². The Labute approximate surface area is 69.2 Å². The molecular formula is C7H14O3Si. The number of fused-ring (bicyclic) bond motifs is 1. The van der Waals surface area contributed by atoms with Crippen molar-refractivity contribution in [2.75, 3.05) is 0 Å². The SMILES string of the molecule is OC1CC2CCCC2(O[SiH3])O1. The van der Waals surface area contributed by atoms with Crippen molar-refractivity contribution in [1.82, 2.24) is 0 Å². The van der Waals surface area contributed by atoms with Crippen molar-refractivity contribution in [2.45, 2.75) is 37.8 Å². The maximum Gasteiger partial charge on any atom is 0.164 e. The van der Waals surface area contributed by atoms with Crippen LogP contribution in [0.3, 0.4) is 0 Å². The monoisotopic (exact) mass is 174 g/mol. The van der Waals surface area contributed by atoms with Crippen LogP contribution in [-0.2, 0) is 9.16 Å². The van der Waals surface area contributed by atoms with Crippen LogP contribution >= 0.6 is 0 Å². The van der Waals surface area contributed by atoms with Crippen LogP contribution in [0, 0.1) is 5.92 Å². The molecule has 1 N–H and O–H groups in total. The van der Waals surface area contributed by atoms with Crippen molar-refractivity contribution in [1.29, 1.82) is 0 Å². The molecule has 3 nitrogen and oxygen atoms in total. The fourth-order valence-electron chi connectivity index (χ4n) is 2.31. The molecule has 0 radical (unpaired) electrons. The minimum atomic E-state index is -0.575. The van der Waals surface area contributed by atoms with Gasteiger partial charge in [-0.15, -0.1) is 0 Å². The molecule has 1 heterocycles. The molecular weight excluding hydrogens is 160 g/mol. The van der Waals surface area contributed by atoms with Gasteiger partial charge in [-0.2, -0.15) is 0 Å². The van der Waals surface area contributed by atoms with E-state index < -0.39 is 6.29 Å². The van der Waals surface area contributed by atoms with E-state index in [9.17, 15) is 5.11 Å². The standard InChI is InChI=1S/C7H14O3Si/c8-6-4-5-2-1-3-7(5,9-6)10-11/h5-6,8H,1-4H2,11H3. The molecule has 0 aromatic heterocycles. The summed E-state index contributed by atoms with van der Waals surface area (Å²) in [6.07, 6.45) is 3.49. The second-order valence-corrected chi connectivity index (χ2v) is 3.82. The molecule has 2 rings (SSSR count). The van der Waals surface area contributed by atoms with Gasteiger partial charge >= 0.3 is 0 Å². The Kier molecular flexibility index (Phi) is 1.79. The van der Waals surface area contributed by atoms with Gasteiger partial charge in [0.15, 0.2) is 12.1 Å². The molecule has 0 aromatic carbocycles. The number of aliphatic hydroxyl groups excluding tert-OH is 1. The highest BCUT2D eigenvalue weighted by Gasteiger charge is 2.51. The van der Waals surface area contributed by atoms with Gasteiger partial charge in [-0.1, -0.05) is 0 Å². The zero-order valence-corrected chi connectivity index (χ0v) is 8.75. The third-order valence-corrected chi connectivity index (χ3v) is 3.56. The molecule has 2 aliphatic rings. The first-order valence-corrected chi connectivity index (χ1v) is 4.99. The average molecular weight is 174 g/mol. The van der Waals surface area contributed by atoms with Crippen molar-refractivity contribution in [3.05, 3.63) is 0 Å². The number of hydrogen-bond donors (Lipinski definition) is 1. The lowest BCUT2D eigenvalue weighted by Crippen LogP contribution is -2.33. The van der Waals surface area contributed by atoms with Gasteiger partial charge in [0.25, 0.3) is 0 Å². The summed E-state index contributed by atoms with van der Waals surface area (Å²) >= 11 is 0. The van der Waals surface area contributed by atoms with E-state index in [0.29, 0.717) is 16.4 Å². The highest BCUT2D eigenvalue weighted by Crippen LogP contribution is 2.47. The molecule has 3 unspecified atom stereocenters. The van der Waals surface area contributed by atoms with Gasteiger partial charge in [0.2, 0.25) is 0 Å². The molecule has 1 aliphatic carbocycles. The van der Waals surface area contributed by atoms with Gasteiger partial charge in [0.1, 0.15) is 10.5 Å². The molecule has 0 bridgehead atoms. The summed E-state index contributed by atoms with van der Waals surface area (Å²) in [5.41, 5.74) is 0. The molecule has 4 heteroatoms. The highest BCUT2D eigenvalue weighted by molar-refractivity contribution is 5.98. The van der Waals surface area contributed by atoms with E-state index in [1.165, 1.54) is 6.42 Å². The van der Waals surface area contributed by atoms with E-state index >= 15 is 0 Å². The molecule has 11 heavy (non-hydrogen) atoms. The molecule has 1 aliphatic heterocycles. The fraction of sp³-hybridized carbons (Fsp3) is 1.00. The van der Waals surface area contributed by atoms with Gasteiger partial charge in [-0.3, -0.25) is 0 Å². The van der Waals surface area contributed by atoms with E-state index in [1.54, 1.807) is 0 Å². The Morgan fingerprint density at radius 3 is 3.09 bits per heavy atom. The minimum absolute atomic E-state index is 0.369. The summed E-state index contributed by atoms with van der Waals surface area (Å²) < 4.78 is 10.8. The summed E-state index contributed by atoms with van der Waals surface area (Å²) in [6, 6.07) is 0. The van der Waals surface area contributed by atoms with Gasteiger partial charge in [0.05, 0.1) is 0 Å². The smallest absolute Gasteiger partial charge is 0.164 e. The van der Waals surface area contributed by atoms with Gasteiger partial charge in [-0.25, -0.2) is 0 Å². The highest BCUT2D eigenvalue weighted by atomic mass is 28.2. The molecule has 0 spiro atoms. The van der Waals surface area contributed by atoms with E-state index in [2.05, 4.69) is 0 Å². The number of aliphatic hydroxyl groups is 1. The molecule has 64 valence electrons. The average Bonchev–Trinajstić information content (AvgIpc) is 2.43. The van der Waals surface area contributed by atoms with Gasteiger partial charge in [0, 0.05) is 18.8 Å². The fourth-order valence-corrected chi connectivity index (χ4v) is 2.94. The first-order valence-electron chi connectivity index (χ1n) is 4.18. The van der Waals surface area contributed by atoms with Crippen molar-refractivity contribution in [2.24, 2.45) is 5.92 Å². The summed E-state index contributed by atoms with van der Waals surface area (Å²) in [5.74, 6) is 0.0843. The lowest BCUT2D eigenvalue weighted by Gasteiger charge is -2.27. The van der Waals surface area contributed by atoms with E-state index in [0.717, 1.165) is 19.3 Å². The molecule has 0 amide bonds. The summed E-state index contributed by atoms with van der Waals surface area (Å²) in [4.78, 5) is 0. The Hall–Kier alpha value is 0.0969. The van der Waals surface area contributed by atoms with Crippen LogP contribution in [0.2, 0.25) is 0 Å². The number of hydrogen-bond acceptors (Lipinski definition) is 3. The molecule has 0 aromatic rings. The lowest BCUT2D eigenvalue weighted by molar-refractivity contribution is -0.224. The second kappa shape index (κ2) is 2.55. The van der Waals surface area contributed by atoms with Crippen LogP contribution in [0.25, 0.3) is 0 Å². The lowest BCUT2D eigenvalue weighted by atomic mass is 10.0. The van der Waals surface area contributed by atoms with Crippen LogP contribution in [0.5, 0.6) is 0 Å². The molecule has 1 saturated heterocycles. The van der Waals surface area contributed by atoms with E-state index in [1.807, 2.05) is 0 Å². The van der Waals surface area contributed by atoms with Crippen molar-refractivity contribution < 1.29 is 14.3 Å². The van der Waals surface area contributed by atoms with Crippen LogP contribution in [0.4, 0.5) is 0 Å². The largest absolute Gasteiger partial charge is 0.401 e. The van der Waals surface area contributed by atoms with Crippen LogP contribution in [-0.4, -0.2) is 27.7 Å². The second-order valence-electron chi connectivity index (χ2n) is 3.41. The van der Waals surface area contributed by atoms with Crippen LogP contribution in [0.1, 0.15) is 25.7 Å². The first kappa shape index (κ1) is 7.73. The Bertz CT molecular complexity index is 164. The van der Waals surface area contributed by atoms with Crippen molar-refractivity contribution >= 4 is 10.5 Å². The Balaban J connectivity index is 2.15. The summed E-state index contributed by atoms with van der Waals surface area (Å²) in [7, 11) is 0.698. The van der Waals surface area contributed by atoms with Crippen LogP contribution < -0.4 is 0 Å². The topological polar surface area (TPSA) is 38.7 Å². The number of ether oxygens (including phenoxy) is 1. The van der Waals surface area contributed by atoms with Gasteiger partial charge < -0.3 is 14.3 Å².